The molecule has 5 heteroatoms. The lowest BCUT2D eigenvalue weighted by Crippen LogP contribution is -2.41. The van der Waals surface area contributed by atoms with Crippen molar-refractivity contribution in [1.29, 1.82) is 0 Å². The molecule has 0 amide bonds. The van der Waals surface area contributed by atoms with Crippen molar-refractivity contribution in [1.82, 2.24) is 0 Å². The van der Waals surface area contributed by atoms with E-state index in [0.717, 1.165) is 30.7 Å². The average molecular weight is 304 g/mol. The van der Waals surface area contributed by atoms with Crippen LogP contribution in [0.4, 0.5) is 0 Å². The molecule has 1 aromatic rings. The Morgan fingerprint density at radius 3 is 2.55 bits per heavy atom. The minimum absolute atomic E-state index is 0.223. The summed E-state index contributed by atoms with van der Waals surface area (Å²) in [5.41, 5.74) is 0.335. The Morgan fingerprint density at radius 1 is 1.18 bits per heavy atom. The Bertz CT molecular complexity index is 507. The van der Waals surface area contributed by atoms with Crippen molar-refractivity contribution in [2.75, 3.05) is 13.2 Å². The summed E-state index contributed by atoms with van der Waals surface area (Å²) in [7, 11) is -0.351. The minimum Gasteiger partial charge on any atom is -0.491 e. The van der Waals surface area contributed by atoms with Gasteiger partial charge in [0.2, 0.25) is 0 Å². The van der Waals surface area contributed by atoms with E-state index in [9.17, 15) is 0 Å². The van der Waals surface area contributed by atoms with E-state index in [1.807, 2.05) is 24.3 Å². The van der Waals surface area contributed by atoms with Crippen LogP contribution in [0.5, 0.6) is 5.75 Å². The van der Waals surface area contributed by atoms with Crippen LogP contribution in [-0.2, 0) is 14.0 Å². The summed E-state index contributed by atoms with van der Waals surface area (Å²) in [6, 6.07) is 7.95. The van der Waals surface area contributed by atoms with Crippen LogP contribution in [0.1, 0.15) is 40.5 Å². The third-order valence-electron chi connectivity index (χ3n) is 4.84. The molecule has 2 heterocycles. The minimum atomic E-state index is -0.351. The van der Waals surface area contributed by atoms with Crippen molar-refractivity contribution >= 4 is 12.6 Å². The van der Waals surface area contributed by atoms with Gasteiger partial charge in [-0.05, 0) is 58.1 Å². The van der Waals surface area contributed by atoms with Crippen molar-refractivity contribution in [3.63, 3.8) is 0 Å². The van der Waals surface area contributed by atoms with Crippen LogP contribution in [0.15, 0.2) is 24.3 Å². The molecular formula is C17H25BO4. The molecule has 0 unspecified atom stereocenters. The molecule has 22 heavy (non-hydrogen) atoms. The molecule has 0 bridgehead atoms. The second-order valence-corrected chi connectivity index (χ2v) is 7.11. The number of rotatable bonds is 4. The zero-order valence-electron chi connectivity index (χ0n) is 13.9. The molecular weight excluding hydrogens is 279 g/mol. The van der Waals surface area contributed by atoms with E-state index in [-0.39, 0.29) is 24.4 Å². The van der Waals surface area contributed by atoms with Gasteiger partial charge in [-0.25, -0.2) is 0 Å². The summed E-state index contributed by atoms with van der Waals surface area (Å²) in [6.45, 7) is 9.69. The van der Waals surface area contributed by atoms with Crippen LogP contribution in [0.25, 0.3) is 0 Å². The third-order valence-corrected chi connectivity index (χ3v) is 4.84. The average Bonchev–Trinajstić information content (AvgIpc) is 3.04. The van der Waals surface area contributed by atoms with Crippen molar-refractivity contribution in [2.45, 2.75) is 57.8 Å². The van der Waals surface area contributed by atoms with Crippen LogP contribution < -0.4 is 10.2 Å². The molecule has 2 fully saturated rings. The first-order valence-corrected chi connectivity index (χ1v) is 8.07. The summed E-state index contributed by atoms with van der Waals surface area (Å²) in [5, 5.41) is 0. The molecule has 1 atom stereocenters. The first-order valence-electron chi connectivity index (χ1n) is 8.07. The van der Waals surface area contributed by atoms with Gasteiger partial charge in [-0.15, -0.1) is 0 Å². The van der Waals surface area contributed by atoms with E-state index >= 15 is 0 Å². The number of hydrogen-bond donors (Lipinski definition) is 0. The van der Waals surface area contributed by atoms with E-state index in [1.165, 1.54) is 0 Å². The van der Waals surface area contributed by atoms with Crippen LogP contribution in [0, 0.1) is 0 Å². The van der Waals surface area contributed by atoms with E-state index < -0.39 is 0 Å². The molecule has 0 saturated carbocycles. The maximum atomic E-state index is 6.08. The van der Waals surface area contributed by atoms with E-state index in [2.05, 4.69) is 27.7 Å². The van der Waals surface area contributed by atoms with Gasteiger partial charge in [0.15, 0.2) is 0 Å². The smallest absolute Gasteiger partial charge is 0.491 e. The van der Waals surface area contributed by atoms with Gasteiger partial charge in [0.25, 0.3) is 0 Å². The predicted molar refractivity (Wildman–Crippen MR) is 86.6 cm³/mol. The molecule has 0 N–H and O–H groups in total. The number of benzene rings is 1. The number of hydrogen-bond acceptors (Lipinski definition) is 4. The molecule has 3 rings (SSSR count). The Morgan fingerprint density at radius 2 is 1.91 bits per heavy atom. The van der Waals surface area contributed by atoms with Gasteiger partial charge in [-0.2, -0.15) is 0 Å². The van der Waals surface area contributed by atoms with Gasteiger partial charge < -0.3 is 18.8 Å². The maximum absolute atomic E-state index is 6.08. The van der Waals surface area contributed by atoms with E-state index in [0.29, 0.717) is 6.61 Å². The van der Waals surface area contributed by atoms with Crippen molar-refractivity contribution in [3.8, 4) is 5.75 Å². The fraction of sp³-hybridized carbons (Fsp3) is 0.647. The van der Waals surface area contributed by atoms with Gasteiger partial charge in [0.1, 0.15) is 12.4 Å². The third kappa shape index (κ3) is 3.17. The Kier molecular flexibility index (Phi) is 4.23. The first kappa shape index (κ1) is 15.8. The van der Waals surface area contributed by atoms with Gasteiger partial charge in [0.05, 0.1) is 17.3 Å². The molecule has 2 aliphatic heterocycles. The Labute approximate surface area is 133 Å². The highest BCUT2D eigenvalue weighted by molar-refractivity contribution is 6.62. The van der Waals surface area contributed by atoms with Crippen LogP contribution in [0.2, 0.25) is 0 Å². The topological polar surface area (TPSA) is 36.9 Å². The Balaban J connectivity index is 1.66. The highest BCUT2D eigenvalue weighted by atomic mass is 16.7. The van der Waals surface area contributed by atoms with E-state index in [1.54, 1.807) is 0 Å². The molecule has 120 valence electrons. The predicted octanol–water partition coefficient (Wildman–Crippen LogP) is 2.54. The van der Waals surface area contributed by atoms with E-state index in [4.69, 9.17) is 18.8 Å². The second kappa shape index (κ2) is 5.87. The molecule has 1 aromatic carbocycles. The first-order chi connectivity index (χ1) is 10.4. The summed E-state index contributed by atoms with van der Waals surface area (Å²) in [5.74, 6) is 0.836. The van der Waals surface area contributed by atoms with Gasteiger partial charge in [-0.1, -0.05) is 12.1 Å². The van der Waals surface area contributed by atoms with Gasteiger partial charge in [-0.3, -0.25) is 0 Å². The highest BCUT2D eigenvalue weighted by Gasteiger charge is 2.51. The monoisotopic (exact) mass is 304 g/mol. The largest absolute Gasteiger partial charge is 0.494 e. The fourth-order valence-corrected chi connectivity index (χ4v) is 2.70. The normalized spacial score (nSPS) is 26.4. The molecule has 0 radical (unpaired) electrons. The molecule has 2 aliphatic rings. The van der Waals surface area contributed by atoms with Crippen LogP contribution >= 0.6 is 0 Å². The maximum Gasteiger partial charge on any atom is 0.494 e. The van der Waals surface area contributed by atoms with Crippen molar-refractivity contribution < 1.29 is 18.8 Å². The van der Waals surface area contributed by atoms with Crippen LogP contribution in [0.3, 0.4) is 0 Å². The second-order valence-electron chi connectivity index (χ2n) is 7.11. The lowest BCUT2D eigenvalue weighted by atomic mass is 9.79. The zero-order chi connectivity index (χ0) is 15.8. The molecule has 0 aromatic heterocycles. The lowest BCUT2D eigenvalue weighted by Gasteiger charge is -2.32. The molecule has 4 nitrogen and oxygen atoms in total. The number of ether oxygens (including phenoxy) is 2. The molecule has 0 spiro atoms. The fourth-order valence-electron chi connectivity index (χ4n) is 2.70. The van der Waals surface area contributed by atoms with Crippen LogP contribution in [-0.4, -0.2) is 37.6 Å². The van der Waals surface area contributed by atoms with Gasteiger partial charge >= 0.3 is 7.12 Å². The molecule has 2 saturated heterocycles. The van der Waals surface area contributed by atoms with Gasteiger partial charge in [0, 0.05) is 6.61 Å². The Hall–Kier alpha value is -1.04. The zero-order valence-corrected chi connectivity index (χ0v) is 13.9. The summed E-state index contributed by atoms with van der Waals surface area (Å²) < 4.78 is 23.6. The van der Waals surface area contributed by atoms with Crippen molar-refractivity contribution in [2.24, 2.45) is 0 Å². The van der Waals surface area contributed by atoms with Crippen molar-refractivity contribution in [3.05, 3.63) is 24.3 Å². The summed E-state index contributed by atoms with van der Waals surface area (Å²) >= 11 is 0. The SMILES string of the molecule is CC1(C)OB(c2cccc(OC[C@H]3CCCO3)c2)OC1(C)C. The molecule has 0 aliphatic carbocycles. The quantitative estimate of drug-likeness (QED) is 0.801. The lowest BCUT2D eigenvalue weighted by molar-refractivity contribution is 0.00578. The highest BCUT2D eigenvalue weighted by Crippen LogP contribution is 2.36. The summed E-state index contributed by atoms with van der Waals surface area (Å²) in [6.07, 6.45) is 2.43. The summed E-state index contributed by atoms with van der Waals surface area (Å²) in [4.78, 5) is 0. The standard InChI is InChI=1S/C17H25BO4/c1-16(2)17(3,4)22-18(21-16)13-7-5-8-14(11-13)20-12-15-9-6-10-19-15/h5,7-8,11,15H,6,9-10,12H2,1-4H3/t15-/m1/s1.